The largest absolute Gasteiger partial charge is 0.481 e. The number of nitrogens with one attached hydrogen (secondary N) is 2. The fourth-order valence-corrected chi connectivity index (χ4v) is 4.72. The van der Waals surface area contributed by atoms with Gasteiger partial charge >= 0.3 is 5.97 Å². The predicted octanol–water partition coefficient (Wildman–Crippen LogP) is 2.53. The molecule has 0 atom stereocenters. The van der Waals surface area contributed by atoms with Crippen molar-refractivity contribution in [3.8, 4) is 0 Å². The number of carbonyl (C=O) groups is 2. The third kappa shape index (κ3) is 5.07. The van der Waals surface area contributed by atoms with Crippen LogP contribution in [-0.4, -0.2) is 38.0 Å². The van der Waals surface area contributed by atoms with E-state index in [2.05, 4.69) is 10.0 Å². The minimum absolute atomic E-state index is 0.00846. The molecule has 2 rings (SSSR count). The lowest BCUT2D eigenvalue weighted by Crippen LogP contribution is -2.42. The van der Waals surface area contributed by atoms with Crippen LogP contribution in [-0.2, 0) is 14.8 Å². The van der Waals surface area contributed by atoms with E-state index >= 15 is 0 Å². The summed E-state index contributed by atoms with van der Waals surface area (Å²) in [5, 5.41) is 12.1. The second kappa shape index (κ2) is 8.84. The van der Waals surface area contributed by atoms with Gasteiger partial charge in [-0.3, -0.25) is 9.59 Å². The first kappa shape index (κ1) is 21.4. The van der Waals surface area contributed by atoms with Gasteiger partial charge in [-0.05, 0) is 43.9 Å². The molecule has 0 saturated heterocycles. The summed E-state index contributed by atoms with van der Waals surface area (Å²) in [6, 6.07) is 5.76. The Bertz CT molecular complexity index is 781. The molecule has 1 aliphatic carbocycles. The van der Waals surface area contributed by atoms with Crippen LogP contribution in [0.5, 0.6) is 0 Å². The van der Waals surface area contributed by atoms with E-state index in [0.717, 1.165) is 25.7 Å². The van der Waals surface area contributed by atoms with E-state index in [1.165, 1.54) is 24.3 Å². The molecule has 0 unspecified atom stereocenters. The second-order valence-corrected chi connectivity index (χ2v) is 8.82. The minimum atomic E-state index is -3.69. The van der Waals surface area contributed by atoms with Gasteiger partial charge in [0.1, 0.15) is 0 Å². The van der Waals surface area contributed by atoms with Crippen molar-refractivity contribution in [3.63, 3.8) is 0 Å². The van der Waals surface area contributed by atoms with Crippen LogP contribution in [0.4, 0.5) is 0 Å². The molecule has 1 fully saturated rings. The van der Waals surface area contributed by atoms with Crippen LogP contribution in [0.3, 0.4) is 0 Å². The van der Waals surface area contributed by atoms with Crippen LogP contribution in [0.2, 0.25) is 0 Å². The maximum absolute atomic E-state index is 12.5. The standard InChI is InChI=1S/C19H28N2O5S/c1-3-19(4-2,18(23)24)13-20-17(22)14-8-7-11-16(12-14)27(25,26)21-15-9-5-6-10-15/h7-8,11-12,15,21H,3-6,9-10,13H2,1-2H3,(H,20,22)(H,23,24). The lowest BCUT2D eigenvalue weighted by molar-refractivity contribution is -0.149. The van der Waals surface area contributed by atoms with E-state index < -0.39 is 27.3 Å². The summed E-state index contributed by atoms with van der Waals surface area (Å²) in [7, 11) is -3.69. The normalized spacial score (nSPS) is 15.6. The number of hydrogen-bond donors (Lipinski definition) is 3. The molecule has 1 aromatic rings. The lowest BCUT2D eigenvalue weighted by atomic mass is 9.82. The van der Waals surface area contributed by atoms with Gasteiger partial charge in [0.05, 0.1) is 10.3 Å². The number of carboxylic acids is 1. The Morgan fingerprint density at radius 1 is 1.19 bits per heavy atom. The number of rotatable bonds is 9. The molecule has 1 aromatic carbocycles. The molecular weight excluding hydrogens is 368 g/mol. The fourth-order valence-electron chi connectivity index (χ4n) is 3.37. The van der Waals surface area contributed by atoms with Gasteiger partial charge in [0, 0.05) is 18.2 Å². The predicted molar refractivity (Wildman–Crippen MR) is 102 cm³/mol. The number of benzene rings is 1. The first-order valence-electron chi connectivity index (χ1n) is 9.38. The van der Waals surface area contributed by atoms with Crippen LogP contribution in [0.25, 0.3) is 0 Å². The third-order valence-corrected chi connectivity index (χ3v) is 7.00. The van der Waals surface area contributed by atoms with Crippen LogP contribution < -0.4 is 10.0 Å². The molecule has 0 bridgehead atoms. The molecule has 0 radical (unpaired) electrons. The van der Waals surface area contributed by atoms with Crippen LogP contribution in [0, 0.1) is 5.41 Å². The summed E-state index contributed by atoms with van der Waals surface area (Å²) in [5.74, 6) is -1.44. The Morgan fingerprint density at radius 2 is 1.81 bits per heavy atom. The zero-order chi connectivity index (χ0) is 20.1. The van der Waals surface area contributed by atoms with Crippen molar-refractivity contribution >= 4 is 21.9 Å². The van der Waals surface area contributed by atoms with E-state index in [1.807, 2.05) is 0 Å². The number of carbonyl (C=O) groups excluding carboxylic acids is 1. The molecule has 1 saturated carbocycles. The van der Waals surface area contributed by atoms with E-state index in [-0.39, 0.29) is 23.0 Å². The first-order valence-corrected chi connectivity index (χ1v) is 10.9. The zero-order valence-corrected chi connectivity index (χ0v) is 16.6. The van der Waals surface area contributed by atoms with Gasteiger partial charge in [0.2, 0.25) is 10.0 Å². The highest BCUT2D eigenvalue weighted by molar-refractivity contribution is 7.89. The zero-order valence-electron chi connectivity index (χ0n) is 15.8. The van der Waals surface area contributed by atoms with Crippen LogP contribution in [0.15, 0.2) is 29.2 Å². The fraction of sp³-hybridized carbons (Fsp3) is 0.579. The second-order valence-electron chi connectivity index (χ2n) is 7.11. The van der Waals surface area contributed by atoms with Crippen molar-refractivity contribution in [2.75, 3.05) is 6.54 Å². The minimum Gasteiger partial charge on any atom is -0.481 e. The van der Waals surface area contributed by atoms with Crippen molar-refractivity contribution in [2.45, 2.75) is 63.3 Å². The summed E-state index contributed by atoms with van der Waals surface area (Å²) in [6.45, 7) is 3.53. The van der Waals surface area contributed by atoms with Gasteiger partial charge in [-0.2, -0.15) is 0 Å². The molecule has 7 nitrogen and oxygen atoms in total. The molecule has 1 amide bonds. The average molecular weight is 397 g/mol. The Hall–Kier alpha value is -1.93. The Balaban J connectivity index is 2.11. The molecular formula is C19H28N2O5S. The van der Waals surface area contributed by atoms with Crippen molar-refractivity contribution < 1.29 is 23.1 Å². The van der Waals surface area contributed by atoms with Crippen molar-refractivity contribution in [3.05, 3.63) is 29.8 Å². The van der Waals surface area contributed by atoms with Crippen molar-refractivity contribution in [2.24, 2.45) is 5.41 Å². The van der Waals surface area contributed by atoms with E-state index in [0.29, 0.717) is 12.8 Å². The lowest BCUT2D eigenvalue weighted by Gasteiger charge is -2.26. The van der Waals surface area contributed by atoms with Gasteiger partial charge in [0.25, 0.3) is 5.91 Å². The quantitative estimate of drug-likeness (QED) is 0.594. The van der Waals surface area contributed by atoms with Gasteiger partial charge in [0.15, 0.2) is 0 Å². The first-order chi connectivity index (χ1) is 12.7. The van der Waals surface area contributed by atoms with Gasteiger partial charge in [-0.1, -0.05) is 32.8 Å². The number of aliphatic carboxylic acids is 1. The van der Waals surface area contributed by atoms with Crippen molar-refractivity contribution in [1.29, 1.82) is 0 Å². The molecule has 3 N–H and O–H groups in total. The highest BCUT2D eigenvalue weighted by Crippen LogP contribution is 2.26. The topological polar surface area (TPSA) is 113 Å². The molecule has 0 aliphatic heterocycles. The van der Waals surface area contributed by atoms with E-state index in [1.54, 1.807) is 13.8 Å². The molecule has 0 aromatic heterocycles. The maximum Gasteiger partial charge on any atom is 0.311 e. The summed E-state index contributed by atoms with van der Waals surface area (Å²) < 4.78 is 27.8. The third-order valence-electron chi connectivity index (χ3n) is 5.48. The van der Waals surface area contributed by atoms with Crippen molar-refractivity contribution in [1.82, 2.24) is 10.0 Å². The summed E-state index contributed by atoms with van der Waals surface area (Å²) in [6.07, 6.45) is 4.44. The SMILES string of the molecule is CCC(CC)(CNC(=O)c1cccc(S(=O)(=O)NC2CCCC2)c1)C(=O)O. The Morgan fingerprint density at radius 3 is 2.37 bits per heavy atom. The molecule has 0 heterocycles. The van der Waals surface area contributed by atoms with Gasteiger partial charge in [-0.15, -0.1) is 0 Å². The molecule has 0 spiro atoms. The van der Waals surface area contributed by atoms with E-state index in [9.17, 15) is 23.1 Å². The highest BCUT2D eigenvalue weighted by atomic mass is 32.2. The maximum atomic E-state index is 12.5. The van der Waals surface area contributed by atoms with Crippen LogP contribution >= 0.6 is 0 Å². The number of amides is 1. The highest BCUT2D eigenvalue weighted by Gasteiger charge is 2.35. The van der Waals surface area contributed by atoms with E-state index in [4.69, 9.17) is 0 Å². The molecule has 1 aliphatic rings. The van der Waals surface area contributed by atoms with Gasteiger partial charge < -0.3 is 10.4 Å². The smallest absolute Gasteiger partial charge is 0.311 e. The summed E-state index contributed by atoms with van der Waals surface area (Å²) in [4.78, 5) is 24.0. The molecule has 27 heavy (non-hydrogen) atoms. The number of sulfonamides is 1. The molecule has 8 heteroatoms. The summed E-state index contributed by atoms with van der Waals surface area (Å²) in [5.41, 5.74) is -0.834. The van der Waals surface area contributed by atoms with Gasteiger partial charge in [-0.25, -0.2) is 13.1 Å². The van der Waals surface area contributed by atoms with Crippen LogP contribution in [0.1, 0.15) is 62.7 Å². The Labute approximate surface area is 160 Å². The monoisotopic (exact) mass is 396 g/mol. The Kier molecular flexibility index (Phi) is 7.00. The average Bonchev–Trinajstić information content (AvgIpc) is 3.15. The summed E-state index contributed by atoms with van der Waals surface area (Å²) >= 11 is 0. The number of hydrogen-bond acceptors (Lipinski definition) is 4. The molecule has 150 valence electrons. The number of carboxylic acid groups (broad SMARTS) is 1.